The molecule has 1 aliphatic rings. The van der Waals surface area contributed by atoms with Gasteiger partial charge in [0.25, 0.3) is 5.56 Å². The van der Waals surface area contributed by atoms with Crippen molar-refractivity contribution in [1.29, 1.82) is 0 Å². The molecule has 124 valence electrons. The van der Waals surface area contributed by atoms with Crippen LogP contribution in [-0.2, 0) is 18.6 Å². The van der Waals surface area contributed by atoms with Crippen molar-refractivity contribution >= 4 is 8.25 Å². The van der Waals surface area contributed by atoms with Crippen LogP contribution in [0.25, 0.3) is 0 Å². The number of nitrogens with one attached hydrogen (secondary N) is 1. The molecule has 1 aromatic heterocycles. The molecule has 2 heterocycles. The van der Waals surface area contributed by atoms with Gasteiger partial charge < -0.3 is 24.0 Å². The molecule has 11 heteroatoms. The van der Waals surface area contributed by atoms with Crippen LogP contribution < -0.4 is 11.2 Å². The third-order valence-electron chi connectivity index (χ3n) is 3.34. The standard InChI is InChI=1S/C11H17N2O8P/c1-5(14)7-8(21-22(17)18)9(19-2)10(20-7)13-4-3-6(15)12-11(13)16/h3-5,7-10,14,22H,1-2H3,(H,17,18)(H,12,15,16)/t5-,7-,8?,9?,10-/m1/s1. The van der Waals surface area contributed by atoms with Gasteiger partial charge in [0.1, 0.15) is 18.3 Å². The van der Waals surface area contributed by atoms with Gasteiger partial charge in [-0.2, -0.15) is 0 Å². The second-order valence-corrected chi connectivity index (χ2v) is 5.57. The van der Waals surface area contributed by atoms with Gasteiger partial charge in [-0.25, -0.2) is 4.79 Å². The van der Waals surface area contributed by atoms with E-state index in [-0.39, 0.29) is 0 Å². The molecule has 0 saturated carbocycles. The summed E-state index contributed by atoms with van der Waals surface area (Å²) in [4.78, 5) is 34.0. The fourth-order valence-electron chi connectivity index (χ4n) is 2.41. The monoisotopic (exact) mass is 336 g/mol. The van der Waals surface area contributed by atoms with E-state index >= 15 is 0 Å². The number of aliphatic hydroxyl groups is 1. The van der Waals surface area contributed by atoms with Crippen molar-refractivity contribution in [3.05, 3.63) is 33.1 Å². The molecule has 1 aromatic rings. The second kappa shape index (κ2) is 6.86. The Balaban J connectivity index is 2.41. The van der Waals surface area contributed by atoms with Gasteiger partial charge in [-0.05, 0) is 6.92 Å². The van der Waals surface area contributed by atoms with Gasteiger partial charge in [-0.1, -0.05) is 0 Å². The Kier molecular flexibility index (Phi) is 5.32. The third-order valence-corrected chi connectivity index (χ3v) is 3.81. The summed E-state index contributed by atoms with van der Waals surface area (Å²) in [6.07, 6.45) is -3.81. The molecule has 0 spiro atoms. The number of ether oxygens (including phenoxy) is 2. The summed E-state index contributed by atoms with van der Waals surface area (Å²) in [5.74, 6) is 0. The predicted octanol–water partition coefficient (Wildman–Crippen LogP) is -1.40. The van der Waals surface area contributed by atoms with Crippen LogP contribution in [0.1, 0.15) is 13.2 Å². The fraction of sp³-hybridized carbons (Fsp3) is 0.636. The van der Waals surface area contributed by atoms with Gasteiger partial charge >= 0.3 is 13.9 Å². The first-order chi connectivity index (χ1) is 10.3. The van der Waals surface area contributed by atoms with E-state index in [1.165, 1.54) is 20.2 Å². The highest BCUT2D eigenvalue weighted by atomic mass is 31.1. The summed E-state index contributed by atoms with van der Waals surface area (Å²) >= 11 is 0. The Morgan fingerprint density at radius 2 is 2.14 bits per heavy atom. The number of nitrogens with zero attached hydrogens (tertiary/aromatic N) is 1. The van der Waals surface area contributed by atoms with Crippen molar-refractivity contribution in [1.82, 2.24) is 9.55 Å². The summed E-state index contributed by atoms with van der Waals surface area (Å²) in [6.45, 7) is 1.42. The van der Waals surface area contributed by atoms with Crippen LogP contribution in [0.15, 0.2) is 21.9 Å². The number of hydrogen-bond acceptors (Lipinski definition) is 7. The SMILES string of the molecule is COC1C(O[PH](=O)O)[C@@H]([C@@H](C)O)O[C@H]1n1ccc(=O)[nH]c1=O. The van der Waals surface area contributed by atoms with E-state index in [0.717, 1.165) is 10.6 Å². The van der Waals surface area contributed by atoms with Crippen LogP contribution in [0.5, 0.6) is 0 Å². The van der Waals surface area contributed by atoms with E-state index in [9.17, 15) is 19.3 Å². The first-order valence-corrected chi connectivity index (χ1v) is 7.69. The minimum Gasteiger partial charge on any atom is -0.391 e. The van der Waals surface area contributed by atoms with Gasteiger partial charge in [-0.15, -0.1) is 0 Å². The minimum absolute atomic E-state index is 0.575. The molecule has 0 aromatic carbocycles. The summed E-state index contributed by atoms with van der Waals surface area (Å²) in [6, 6.07) is 1.12. The molecular formula is C11H17N2O8P. The maximum Gasteiger partial charge on any atom is 0.330 e. The van der Waals surface area contributed by atoms with Crippen LogP contribution in [0, 0.1) is 0 Å². The van der Waals surface area contributed by atoms with Crippen LogP contribution >= 0.6 is 8.25 Å². The molecule has 3 unspecified atom stereocenters. The molecule has 1 fully saturated rings. The third kappa shape index (κ3) is 3.37. The first-order valence-electron chi connectivity index (χ1n) is 6.42. The zero-order chi connectivity index (χ0) is 16.4. The molecule has 10 nitrogen and oxygen atoms in total. The van der Waals surface area contributed by atoms with Crippen LogP contribution in [0.3, 0.4) is 0 Å². The molecule has 6 atom stereocenters. The highest BCUT2D eigenvalue weighted by molar-refractivity contribution is 7.32. The van der Waals surface area contributed by atoms with Crippen molar-refractivity contribution in [3.63, 3.8) is 0 Å². The molecule has 0 amide bonds. The maximum atomic E-state index is 11.9. The van der Waals surface area contributed by atoms with E-state index in [1.807, 2.05) is 0 Å². The first kappa shape index (κ1) is 17.1. The number of hydrogen-bond donors (Lipinski definition) is 3. The smallest absolute Gasteiger partial charge is 0.330 e. The van der Waals surface area contributed by atoms with Gasteiger partial charge in [0.15, 0.2) is 6.23 Å². The summed E-state index contributed by atoms with van der Waals surface area (Å²) in [5, 5.41) is 9.75. The lowest BCUT2D eigenvalue weighted by molar-refractivity contribution is -0.0817. The Hall–Kier alpha value is -1.29. The normalized spacial score (nSPS) is 31.1. The highest BCUT2D eigenvalue weighted by Crippen LogP contribution is 2.37. The molecule has 3 N–H and O–H groups in total. The van der Waals surface area contributed by atoms with Gasteiger partial charge in [0, 0.05) is 19.4 Å². The topological polar surface area (TPSA) is 140 Å². The number of H-pyrrole nitrogens is 1. The molecule has 1 aliphatic heterocycles. The maximum absolute atomic E-state index is 11.9. The minimum atomic E-state index is -3.31. The lowest BCUT2D eigenvalue weighted by Gasteiger charge is -2.23. The van der Waals surface area contributed by atoms with Crippen molar-refractivity contribution in [2.24, 2.45) is 0 Å². The number of aliphatic hydroxyl groups excluding tert-OH is 1. The van der Waals surface area contributed by atoms with Crippen LogP contribution in [0.2, 0.25) is 0 Å². The molecule has 1 saturated heterocycles. The molecular weight excluding hydrogens is 319 g/mol. The molecule has 22 heavy (non-hydrogen) atoms. The van der Waals surface area contributed by atoms with Crippen LogP contribution in [-0.4, -0.2) is 51.1 Å². The lowest BCUT2D eigenvalue weighted by atomic mass is 10.1. The predicted molar refractivity (Wildman–Crippen MR) is 73.8 cm³/mol. The summed E-state index contributed by atoms with van der Waals surface area (Å²) in [5.41, 5.74) is -1.31. The molecule has 0 radical (unpaired) electrons. The number of aromatic amines is 1. The van der Waals surface area contributed by atoms with Crippen molar-refractivity contribution < 1.29 is 28.6 Å². The van der Waals surface area contributed by atoms with E-state index in [4.69, 9.17) is 18.9 Å². The Morgan fingerprint density at radius 1 is 1.45 bits per heavy atom. The zero-order valence-corrected chi connectivity index (χ0v) is 12.8. The van der Waals surface area contributed by atoms with E-state index in [2.05, 4.69) is 4.98 Å². The Bertz CT molecular complexity index is 656. The van der Waals surface area contributed by atoms with Gasteiger partial charge in [-0.3, -0.25) is 18.9 Å². The largest absolute Gasteiger partial charge is 0.391 e. The highest BCUT2D eigenvalue weighted by Gasteiger charge is 2.49. The second-order valence-electron chi connectivity index (χ2n) is 4.80. The fourth-order valence-corrected chi connectivity index (χ4v) is 2.91. The zero-order valence-electron chi connectivity index (χ0n) is 11.8. The average molecular weight is 336 g/mol. The number of aromatic nitrogens is 2. The number of rotatable bonds is 5. The number of methoxy groups -OCH3 is 1. The van der Waals surface area contributed by atoms with Gasteiger partial charge in [0.05, 0.1) is 6.10 Å². The molecule has 0 bridgehead atoms. The van der Waals surface area contributed by atoms with Crippen molar-refractivity contribution in [3.8, 4) is 0 Å². The quantitative estimate of drug-likeness (QED) is 0.558. The molecule has 2 rings (SSSR count). The molecule has 0 aliphatic carbocycles. The van der Waals surface area contributed by atoms with E-state index < -0.39 is 50.1 Å². The van der Waals surface area contributed by atoms with Crippen LogP contribution in [0.4, 0.5) is 0 Å². The Labute approximate surface area is 125 Å². The lowest BCUT2D eigenvalue weighted by Crippen LogP contribution is -2.40. The average Bonchev–Trinajstić information content (AvgIpc) is 2.76. The van der Waals surface area contributed by atoms with Gasteiger partial charge in [0.2, 0.25) is 0 Å². The van der Waals surface area contributed by atoms with E-state index in [0.29, 0.717) is 0 Å². The van der Waals surface area contributed by atoms with Crippen molar-refractivity contribution in [2.45, 2.75) is 37.6 Å². The summed E-state index contributed by atoms with van der Waals surface area (Å²) < 4.78 is 27.7. The summed E-state index contributed by atoms with van der Waals surface area (Å²) in [7, 11) is -2.00. The van der Waals surface area contributed by atoms with E-state index in [1.54, 1.807) is 0 Å². The Morgan fingerprint density at radius 3 is 2.64 bits per heavy atom. The van der Waals surface area contributed by atoms with Crippen molar-refractivity contribution in [2.75, 3.05) is 7.11 Å².